The fourth-order valence-electron chi connectivity index (χ4n) is 3.97. The number of hydrogen-bond acceptors (Lipinski definition) is 4. The second-order valence-corrected chi connectivity index (χ2v) is 8.04. The van der Waals surface area contributed by atoms with Gasteiger partial charge in [0.15, 0.2) is 5.69 Å². The number of rotatable bonds is 6. The van der Waals surface area contributed by atoms with Gasteiger partial charge in [0.1, 0.15) is 5.75 Å². The fourth-order valence-corrected chi connectivity index (χ4v) is 3.97. The normalized spacial score (nSPS) is 16.9. The minimum atomic E-state index is -4.95. The maximum Gasteiger partial charge on any atom is 0.573 e. The smallest absolute Gasteiger partial charge is 0.406 e. The summed E-state index contributed by atoms with van der Waals surface area (Å²) >= 11 is 0. The standard InChI is InChI=1S/C23H20F6N4O2/c24-22(25,26)20-19(12-30-33(20)17-6-8-18(9-7-17)35-23(27,28)29)21(34)31-16-10-11-32(14-16)13-15-4-2-1-3-5-15/h1-9,12,16H,10-11,13-14H2,(H,31,34). The summed E-state index contributed by atoms with van der Waals surface area (Å²) in [5.74, 6) is -1.52. The van der Waals surface area contributed by atoms with Crippen molar-refractivity contribution >= 4 is 5.91 Å². The van der Waals surface area contributed by atoms with Crippen LogP contribution in [0, 0.1) is 0 Å². The average Bonchev–Trinajstić information content (AvgIpc) is 3.41. The Bertz CT molecular complexity index is 1160. The molecular formula is C23H20F6N4O2. The average molecular weight is 498 g/mol. The molecule has 1 unspecified atom stereocenters. The van der Waals surface area contributed by atoms with Gasteiger partial charge in [0.05, 0.1) is 17.4 Å². The molecule has 1 aliphatic rings. The van der Waals surface area contributed by atoms with Crippen LogP contribution in [0.1, 0.15) is 28.0 Å². The number of aromatic nitrogens is 2. The number of nitrogens with one attached hydrogen (secondary N) is 1. The van der Waals surface area contributed by atoms with Gasteiger partial charge in [-0.2, -0.15) is 18.3 Å². The van der Waals surface area contributed by atoms with Crippen LogP contribution in [0.3, 0.4) is 0 Å². The van der Waals surface area contributed by atoms with Gasteiger partial charge in [0.2, 0.25) is 0 Å². The van der Waals surface area contributed by atoms with E-state index in [4.69, 9.17) is 0 Å². The van der Waals surface area contributed by atoms with E-state index in [1.165, 1.54) is 0 Å². The molecule has 2 heterocycles. The van der Waals surface area contributed by atoms with E-state index < -0.39 is 35.5 Å². The molecule has 12 heteroatoms. The quantitative estimate of drug-likeness (QED) is 0.497. The first kappa shape index (κ1) is 24.6. The zero-order chi connectivity index (χ0) is 25.2. The lowest BCUT2D eigenvalue weighted by atomic mass is 10.2. The molecule has 1 saturated heterocycles. The number of halogens is 6. The summed E-state index contributed by atoms with van der Waals surface area (Å²) in [6, 6.07) is 13.0. The molecule has 0 radical (unpaired) electrons. The topological polar surface area (TPSA) is 59.4 Å². The number of carbonyl (C=O) groups is 1. The molecule has 1 N–H and O–H groups in total. The fraction of sp³-hybridized carbons (Fsp3) is 0.304. The molecule has 0 aliphatic carbocycles. The molecule has 1 amide bonds. The van der Waals surface area contributed by atoms with Crippen molar-refractivity contribution < 1.29 is 35.9 Å². The van der Waals surface area contributed by atoms with E-state index in [1.807, 2.05) is 30.3 Å². The predicted molar refractivity (Wildman–Crippen MR) is 113 cm³/mol. The molecule has 0 bridgehead atoms. The highest BCUT2D eigenvalue weighted by atomic mass is 19.4. The molecule has 1 aromatic heterocycles. The minimum Gasteiger partial charge on any atom is -0.406 e. The van der Waals surface area contributed by atoms with Crippen LogP contribution >= 0.6 is 0 Å². The van der Waals surface area contributed by atoms with Gasteiger partial charge in [-0.3, -0.25) is 9.69 Å². The Morgan fingerprint density at radius 2 is 1.71 bits per heavy atom. The number of benzene rings is 2. The van der Waals surface area contributed by atoms with Crippen molar-refractivity contribution in [1.29, 1.82) is 0 Å². The van der Waals surface area contributed by atoms with E-state index in [1.54, 1.807) is 0 Å². The first-order valence-electron chi connectivity index (χ1n) is 10.6. The molecule has 6 nitrogen and oxygen atoms in total. The van der Waals surface area contributed by atoms with Crippen molar-refractivity contribution in [3.8, 4) is 11.4 Å². The van der Waals surface area contributed by atoms with E-state index >= 15 is 0 Å². The summed E-state index contributed by atoms with van der Waals surface area (Å²) in [7, 11) is 0. The molecular weight excluding hydrogens is 478 g/mol. The van der Waals surface area contributed by atoms with Crippen molar-refractivity contribution in [1.82, 2.24) is 20.0 Å². The van der Waals surface area contributed by atoms with Crippen LogP contribution in [-0.4, -0.2) is 46.1 Å². The van der Waals surface area contributed by atoms with Gasteiger partial charge in [-0.1, -0.05) is 30.3 Å². The lowest BCUT2D eigenvalue weighted by molar-refractivity contribution is -0.274. The lowest BCUT2D eigenvalue weighted by Crippen LogP contribution is -2.37. The van der Waals surface area contributed by atoms with E-state index in [0.29, 0.717) is 30.7 Å². The van der Waals surface area contributed by atoms with Gasteiger partial charge in [-0.05, 0) is 36.2 Å². The number of alkyl halides is 6. The molecule has 35 heavy (non-hydrogen) atoms. The molecule has 186 valence electrons. The van der Waals surface area contributed by atoms with Crippen molar-refractivity contribution in [2.24, 2.45) is 0 Å². The molecule has 0 saturated carbocycles. The Kier molecular flexibility index (Phi) is 6.75. The van der Waals surface area contributed by atoms with Crippen LogP contribution < -0.4 is 10.1 Å². The zero-order valence-electron chi connectivity index (χ0n) is 18.1. The summed E-state index contributed by atoms with van der Waals surface area (Å²) in [5.41, 5.74) is -1.08. The Morgan fingerprint density at radius 1 is 1.03 bits per heavy atom. The summed E-state index contributed by atoms with van der Waals surface area (Å²) in [6.07, 6.45) is -8.50. The van der Waals surface area contributed by atoms with Gasteiger partial charge in [-0.25, -0.2) is 4.68 Å². The molecule has 0 spiro atoms. The Morgan fingerprint density at radius 3 is 2.34 bits per heavy atom. The summed E-state index contributed by atoms with van der Waals surface area (Å²) in [4.78, 5) is 14.9. The van der Waals surface area contributed by atoms with E-state index in [-0.39, 0.29) is 11.7 Å². The second-order valence-electron chi connectivity index (χ2n) is 8.04. The molecule has 1 atom stereocenters. The predicted octanol–water partition coefficient (Wildman–Crippen LogP) is 4.79. The van der Waals surface area contributed by atoms with E-state index in [9.17, 15) is 31.1 Å². The van der Waals surface area contributed by atoms with Gasteiger partial charge in [-0.15, -0.1) is 13.2 Å². The highest BCUT2D eigenvalue weighted by molar-refractivity contribution is 5.95. The molecule has 2 aromatic carbocycles. The van der Waals surface area contributed by atoms with Crippen LogP contribution in [-0.2, 0) is 12.7 Å². The van der Waals surface area contributed by atoms with Gasteiger partial charge in [0, 0.05) is 25.7 Å². The van der Waals surface area contributed by atoms with Crippen molar-refractivity contribution in [2.75, 3.05) is 13.1 Å². The third kappa shape index (κ3) is 6.13. The van der Waals surface area contributed by atoms with E-state index in [2.05, 4.69) is 20.1 Å². The Balaban J connectivity index is 1.49. The van der Waals surface area contributed by atoms with Gasteiger partial charge >= 0.3 is 12.5 Å². The number of likely N-dealkylation sites (tertiary alicyclic amines) is 1. The van der Waals surface area contributed by atoms with Crippen LogP contribution in [0.5, 0.6) is 5.75 Å². The van der Waals surface area contributed by atoms with Crippen LogP contribution in [0.4, 0.5) is 26.3 Å². The van der Waals surface area contributed by atoms with Gasteiger partial charge in [0.25, 0.3) is 5.91 Å². The first-order chi connectivity index (χ1) is 16.5. The highest BCUT2D eigenvalue weighted by Crippen LogP contribution is 2.34. The summed E-state index contributed by atoms with van der Waals surface area (Å²) in [5, 5.41) is 6.33. The Hall–Kier alpha value is -3.54. The highest BCUT2D eigenvalue weighted by Gasteiger charge is 2.41. The lowest BCUT2D eigenvalue weighted by Gasteiger charge is -2.17. The van der Waals surface area contributed by atoms with Crippen molar-refractivity contribution in [2.45, 2.75) is 31.5 Å². The zero-order valence-corrected chi connectivity index (χ0v) is 18.1. The summed E-state index contributed by atoms with van der Waals surface area (Å²) in [6.45, 7) is 1.82. The number of carbonyl (C=O) groups excluding carboxylic acids is 1. The number of hydrogen-bond donors (Lipinski definition) is 1. The maximum absolute atomic E-state index is 13.9. The third-order valence-electron chi connectivity index (χ3n) is 5.45. The number of ether oxygens (including phenoxy) is 1. The number of amides is 1. The van der Waals surface area contributed by atoms with Crippen LogP contribution in [0.15, 0.2) is 60.8 Å². The first-order valence-corrected chi connectivity index (χ1v) is 10.6. The monoisotopic (exact) mass is 498 g/mol. The number of nitrogens with zero attached hydrogens (tertiary/aromatic N) is 3. The Labute approximate surface area is 196 Å². The molecule has 1 fully saturated rings. The van der Waals surface area contributed by atoms with Crippen molar-refractivity contribution in [3.05, 3.63) is 77.6 Å². The van der Waals surface area contributed by atoms with Crippen LogP contribution in [0.2, 0.25) is 0 Å². The van der Waals surface area contributed by atoms with Crippen molar-refractivity contribution in [3.63, 3.8) is 0 Å². The third-order valence-corrected chi connectivity index (χ3v) is 5.45. The molecule has 1 aliphatic heterocycles. The maximum atomic E-state index is 13.9. The van der Waals surface area contributed by atoms with Gasteiger partial charge < -0.3 is 10.1 Å². The SMILES string of the molecule is O=C(NC1CCN(Cc2ccccc2)C1)c1cnn(-c2ccc(OC(F)(F)F)cc2)c1C(F)(F)F. The largest absolute Gasteiger partial charge is 0.573 e. The summed E-state index contributed by atoms with van der Waals surface area (Å²) < 4.78 is 82.9. The minimum absolute atomic E-state index is 0.180. The van der Waals surface area contributed by atoms with Crippen LogP contribution in [0.25, 0.3) is 5.69 Å². The second kappa shape index (κ2) is 9.61. The molecule has 4 rings (SSSR count). The molecule has 3 aromatic rings. The van der Waals surface area contributed by atoms with E-state index in [0.717, 1.165) is 36.0 Å².